The Bertz CT molecular complexity index is 580. The van der Waals surface area contributed by atoms with E-state index in [0.717, 1.165) is 17.0 Å². The fourth-order valence-corrected chi connectivity index (χ4v) is 2.33. The molecule has 0 radical (unpaired) electrons. The summed E-state index contributed by atoms with van der Waals surface area (Å²) in [5.41, 5.74) is 2.12. The molecule has 3 heteroatoms. The van der Waals surface area contributed by atoms with Gasteiger partial charge in [-0.05, 0) is 23.8 Å². The Morgan fingerprint density at radius 2 is 1.74 bits per heavy atom. The van der Waals surface area contributed by atoms with E-state index in [1.165, 1.54) is 0 Å². The molecule has 0 atom stereocenters. The number of rotatable bonds is 4. The van der Waals surface area contributed by atoms with Crippen LogP contribution in [0.25, 0.3) is 0 Å². The number of amides is 1. The molecule has 3 rings (SSSR count). The molecule has 1 amide bonds. The number of fused-ring (bicyclic) bond motifs is 1. The van der Waals surface area contributed by atoms with Crippen LogP contribution in [0.2, 0.25) is 0 Å². The van der Waals surface area contributed by atoms with E-state index in [-0.39, 0.29) is 5.91 Å². The first-order chi connectivity index (χ1) is 9.34. The van der Waals surface area contributed by atoms with Crippen molar-refractivity contribution in [3.05, 3.63) is 60.2 Å². The second kappa shape index (κ2) is 5.14. The van der Waals surface area contributed by atoms with Gasteiger partial charge in [-0.15, -0.1) is 0 Å². The van der Waals surface area contributed by atoms with Crippen LogP contribution in [-0.2, 0) is 11.2 Å². The van der Waals surface area contributed by atoms with Gasteiger partial charge in [0.2, 0.25) is 5.91 Å². The molecule has 1 heterocycles. The molecular weight excluding hydrogens is 238 g/mol. The predicted octanol–water partition coefficient (Wildman–Crippen LogP) is 2.65. The molecule has 2 aromatic rings. The third kappa shape index (κ3) is 2.45. The second-order valence-electron chi connectivity index (χ2n) is 4.51. The monoisotopic (exact) mass is 253 g/mol. The summed E-state index contributed by atoms with van der Waals surface area (Å²) in [6.45, 7) is 1.09. The first-order valence-electron chi connectivity index (χ1n) is 6.41. The first kappa shape index (κ1) is 11.8. The quantitative estimate of drug-likeness (QED) is 0.838. The molecule has 0 fully saturated rings. The van der Waals surface area contributed by atoms with E-state index < -0.39 is 0 Å². The van der Waals surface area contributed by atoms with Gasteiger partial charge < -0.3 is 9.64 Å². The lowest BCUT2D eigenvalue weighted by atomic mass is 10.2. The molecule has 2 aromatic carbocycles. The van der Waals surface area contributed by atoms with E-state index in [4.69, 9.17) is 4.74 Å². The van der Waals surface area contributed by atoms with Crippen molar-refractivity contribution in [2.24, 2.45) is 0 Å². The molecule has 0 N–H and O–H groups in total. The number of anilines is 1. The number of hydrogen-bond donors (Lipinski definition) is 0. The standard InChI is InChI=1S/C16H15NO2/c18-16-12-13-6-4-5-9-15(13)17(16)10-11-19-14-7-2-1-3-8-14/h1-9H,10-12H2. The molecule has 0 aliphatic carbocycles. The Morgan fingerprint density at radius 3 is 2.58 bits per heavy atom. The second-order valence-corrected chi connectivity index (χ2v) is 4.51. The largest absolute Gasteiger partial charge is 0.492 e. The Labute approximate surface area is 112 Å². The summed E-state index contributed by atoms with van der Waals surface area (Å²) in [5, 5.41) is 0. The summed E-state index contributed by atoms with van der Waals surface area (Å²) < 4.78 is 5.64. The SMILES string of the molecule is O=C1Cc2ccccc2N1CCOc1ccccc1. The summed E-state index contributed by atoms with van der Waals surface area (Å²) in [6.07, 6.45) is 0.501. The normalized spacial score (nSPS) is 13.5. The maximum atomic E-state index is 11.9. The minimum absolute atomic E-state index is 0.151. The molecule has 0 bridgehead atoms. The van der Waals surface area contributed by atoms with Crippen LogP contribution in [0, 0.1) is 0 Å². The first-order valence-corrected chi connectivity index (χ1v) is 6.41. The summed E-state index contributed by atoms with van der Waals surface area (Å²) in [7, 11) is 0. The van der Waals surface area contributed by atoms with Gasteiger partial charge in [0.1, 0.15) is 12.4 Å². The van der Waals surface area contributed by atoms with Gasteiger partial charge in [-0.1, -0.05) is 36.4 Å². The van der Waals surface area contributed by atoms with Crippen LogP contribution in [0.4, 0.5) is 5.69 Å². The van der Waals surface area contributed by atoms with E-state index >= 15 is 0 Å². The molecule has 0 spiro atoms. The van der Waals surface area contributed by atoms with E-state index in [2.05, 4.69) is 0 Å². The molecule has 0 saturated heterocycles. The third-order valence-corrected chi connectivity index (χ3v) is 3.25. The van der Waals surface area contributed by atoms with E-state index in [1.807, 2.05) is 54.6 Å². The highest BCUT2D eigenvalue weighted by Gasteiger charge is 2.26. The van der Waals surface area contributed by atoms with Gasteiger partial charge in [0.15, 0.2) is 0 Å². The van der Waals surface area contributed by atoms with Crippen LogP contribution >= 0.6 is 0 Å². The zero-order chi connectivity index (χ0) is 13.1. The van der Waals surface area contributed by atoms with Crippen molar-refractivity contribution in [1.82, 2.24) is 0 Å². The lowest BCUT2D eigenvalue weighted by Crippen LogP contribution is -2.31. The smallest absolute Gasteiger partial charge is 0.231 e. The highest BCUT2D eigenvalue weighted by atomic mass is 16.5. The molecule has 0 unspecified atom stereocenters. The van der Waals surface area contributed by atoms with Crippen LogP contribution in [0.3, 0.4) is 0 Å². The lowest BCUT2D eigenvalue weighted by molar-refractivity contribution is -0.117. The van der Waals surface area contributed by atoms with Crippen LogP contribution < -0.4 is 9.64 Å². The Balaban J connectivity index is 1.63. The summed E-state index contributed by atoms with van der Waals surface area (Å²) in [4.78, 5) is 13.7. The highest BCUT2D eigenvalue weighted by Crippen LogP contribution is 2.27. The minimum Gasteiger partial charge on any atom is -0.492 e. The Hall–Kier alpha value is -2.29. The van der Waals surface area contributed by atoms with Crippen LogP contribution in [0.5, 0.6) is 5.75 Å². The summed E-state index contributed by atoms with van der Waals surface area (Å²) in [6, 6.07) is 17.6. The molecule has 96 valence electrons. The molecule has 1 aliphatic heterocycles. The van der Waals surface area contributed by atoms with Crippen molar-refractivity contribution in [3.63, 3.8) is 0 Å². The van der Waals surface area contributed by atoms with Gasteiger partial charge in [-0.25, -0.2) is 0 Å². The molecule has 1 aliphatic rings. The van der Waals surface area contributed by atoms with E-state index in [9.17, 15) is 4.79 Å². The lowest BCUT2D eigenvalue weighted by Gasteiger charge is -2.17. The van der Waals surface area contributed by atoms with Gasteiger partial charge in [-0.2, -0.15) is 0 Å². The number of para-hydroxylation sites is 2. The Morgan fingerprint density at radius 1 is 1.00 bits per heavy atom. The number of ether oxygens (including phenoxy) is 1. The number of carbonyl (C=O) groups excluding carboxylic acids is 1. The zero-order valence-electron chi connectivity index (χ0n) is 10.6. The number of carbonyl (C=O) groups is 1. The van der Waals surface area contributed by atoms with Crippen LogP contribution in [0.1, 0.15) is 5.56 Å². The van der Waals surface area contributed by atoms with Gasteiger partial charge >= 0.3 is 0 Å². The molecule has 0 saturated carbocycles. The topological polar surface area (TPSA) is 29.5 Å². The fourth-order valence-electron chi connectivity index (χ4n) is 2.33. The molecular formula is C16H15NO2. The number of benzene rings is 2. The van der Waals surface area contributed by atoms with Crippen molar-refractivity contribution < 1.29 is 9.53 Å². The maximum absolute atomic E-state index is 11.9. The molecule has 0 aromatic heterocycles. The average molecular weight is 253 g/mol. The van der Waals surface area contributed by atoms with E-state index in [1.54, 1.807) is 4.90 Å². The number of hydrogen-bond acceptors (Lipinski definition) is 2. The van der Waals surface area contributed by atoms with Crippen molar-refractivity contribution >= 4 is 11.6 Å². The van der Waals surface area contributed by atoms with Crippen molar-refractivity contribution in [3.8, 4) is 5.75 Å². The van der Waals surface area contributed by atoms with E-state index in [0.29, 0.717) is 19.6 Å². The van der Waals surface area contributed by atoms with Crippen molar-refractivity contribution in [1.29, 1.82) is 0 Å². The van der Waals surface area contributed by atoms with Crippen molar-refractivity contribution in [2.45, 2.75) is 6.42 Å². The van der Waals surface area contributed by atoms with Gasteiger partial charge in [0.25, 0.3) is 0 Å². The third-order valence-electron chi connectivity index (χ3n) is 3.25. The minimum atomic E-state index is 0.151. The zero-order valence-corrected chi connectivity index (χ0v) is 10.6. The predicted molar refractivity (Wildman–Crippen MR) is 74.4 cm³/mol. The fraction of sp³-hybridized carbons (Fsp3) is 0.188. The van der Waals surface area contributed by atoms with Crippen LogP contribution in [-0.4, -0.2) is 19.1 Å². The Kier molecular flexibility index (Phi) is 3.19. The van der Waals surface area contributed by atoms with Crippen LogP contribution in [0.15, 0.2) is 54.6 Å². The number of nitrogens with zero attached hydrogens (tertiary/aromatic N) is 1. The van der Waals surface area contributed by atoms with Gasteiger partial charge in [-0.3, -0.25) is 4.79 Å². The van der Waals surface area contributed by atoms with Crippen molar-refractivity contribution in [2.75, 3.05) is 18.1 Å². The maximum Gasteiger partial charge on any atom is 0.231 e. The summed E-state index contributed by atoms with van der Waals surface area (Å²) in [5.74, 6) is 0.986. The average Bonchev–Trinajstić information content (AvgIpc) is 2.76. The van der Waals surface area contributed by atoms with Gasteiger partial charge in [0.05, 0.1) is 13.0 Å². The highest BCUT2D eigenvalue weighted by molar-refractivity contribution is 6.01. The van der Waals surface area contributed by atoms with Gasteiger partial charge in [0, 0.05) is 5.69 Å². The molecule has 3 nitrogen and oxygen atoms in total. The molecule has 19 heavy (non-hydrogen) atoms. The summed E-state index contributed by atoms with van der Waals surface area (Å²) >= 11 is 0.